The molecule has 3 atom stereocenters. The van der Waals surface area contributed by atoms with E-state index >= 15 is 0 Å². The van der Waals surface area contributed by atoms with Crippen molar-refractivity contribution in [2.75, 3.05) is 6.61 Å². The summed E-state index contributed by atoms with van der Waals surface area (Å²) < 4.78 is 4.94. The zero-order chi connectivity index (χ0) is 11.8. The van der Waals surface area contributed by atoms with E-state index < -0.39 is 0 Å². The van der Waals surface area contributed by atoms with Crippen molar-refractivity contribution in [3.8, 4) is 0 Å². The first-order chi connectivity index (χ1) is 7.01. The highest BCUT2D eigenvalue weighted by atomic mass is 16.5. The molecule has 4 heteroatoms. The summed E-state index contributed by atoms with van der Waals surface area (Å²) in [4.78, 5) is 11.4. The molecule has 0 radical (unpaired) electrons. The molecule has 0 saturated heterocycles. The molecule has 90 valence electrons. The predicted octanol–water partition coefficient (Wildman–Crippen LogP) is 1.08. The molecule has 0 aromatic heterocycles. The minimum atomic E-state index is -0.354. The van der Waals surface area contributed by atoms with Gasteiger partial charge in [0.15, 0.2) is 0 Å². The Kier molecular flexibility index (Phi) is 7.34. The number of ether oxygens (including phenoxy) is 1. The standard InChI is InChI=1S/C11H23NO3/c1-5-10(11(14)15-6-2)12-8(3)7-9(4)13/h8-10,12-13H,5-7H2,1-4H3. The Morgan fingerprint density at radius 3 is 2.40 bits per heavy atom. The molecule has 0 amide bonds. The molecule has 15 heavy (non-hydrogen) atoms. The number of aliphatic hydroxyl groups is 1. The van der Waals surface area contributed by atoms with Crippen LogP contribution in [0, 0.1) is 0 Å². The van der Waals surface area contributed by atoms with Crippen molar-refractivity contribution in [2.45, 2.75) is 58.7 Å². The van der Waals surface area contributed by atoms with E-state index in [1.807, 2.05) is 13.8 Å². The first-order valence-corrected chi connectivity index (χ1v) is 5.61. The second kappa shape index (κ2) is 7.65. The smallest absolute Gasteiger partial charge is 0.323 e. The van der Waals surface area contributed by atoms with Gasteiger partial charge in [-0.05, 0) is 33.6 Å². The molecule has 4 nitrogen and oxygen atoms in total. The number of esters is 1. The van der Waals surface area contributed by atoms with Gasteiger partial charge in [0.1, 0.15) is 6.04 Å². The average Bonchev–Trinajstić information content (AvgIpc) is 2.13. The molecular formula is C11H23NO3. The van der Waals surface area contributed by atoms with Crippen molar-refractivity contribution in [2.24, 2.45) is 0 Å². The number of carbonyl (C=O) groups excluding carboxylic acids is 1. The maximum atomic E-state index is 11.4. The summed E-state index contributed by atoms with van der Waals surface area (Å²) in [6, 6.07) is -0.155. The summed E-state index contributed by atoms with van der Waals surface area (Å²) in [6.45, 7) is 7.83. The molecule has 0 spiro atoms. The quantitative estimate of drug-likeness (QED) is 0.626. The predicted molar refractivity (Wildman–Crippen MR) is 59.6 cm³/mol. The second-order valence-electron chi connectivity index (χ2n) is 3.87. The van der Waals surface area contributed by atoms with Crippen molar-refractivity contribution in [1.82, 2.24) is 5.32 Å². The van der Waals surface area contributed by atoms with Crippen LogP contribution in [0.1, 0.15) is 40.5 Å². The van der Waals surface area contributed by atoms with Crippen LogP contribution in [0.5, 0.6) is 0 Å². The first-order valence-electron chi connectivity index (χ1n) is 5.61. The van der Waals surface area contributed by atoms with E-state index in [1.54, 1.807) is 13.8 Å². The van der Waals surface area contributed by atoms with Gasteiger partial charge in [0.05, 0.1) is 12.7 Å². The minimum absolute atomic E-state index is 0.111. The van der Waals surface area contributed by atoms with Crippen LogP contribution in [0.15, 0.2) is 0 Å². The summed E-state index contributed by atoms with van der Waals surface area (Å²) in [5.74, 6) is -0.211. The molecule has 0 heterocycles. The van der Waals surface area contributed by atoms with Crippen LogP contribution in [0.4, 0.5) is 0 Å². The second-order valence-corrected chi connectivity index (χ2v) is 3.87. The topological polar surface area (TPSA) is 58.6 Å². The lowest BCUT2D eigenvalue weighted by Crippen LogP contribution is -2.43. The summed E-state index contributed by atoms with van der Waals surface area (Å²) in [7, 11) is 0. The van der Waals surface area contributed by atoms with Gasteiger partial charge >= 0.3 is 5.97 Å². The van der Waals surface area contributed by atoms with E-state index in [0.717, 1.165) is 0 Å². The monoisotopic (exact) mass is 217 g/mol. The van der Waals surface area contributed by atoms with Crippen LogP contribution < -0.4 is 5.32 Å². The molecule has 0 fully saturated rings. The Morgan fingerprint density at radius 2 is 2.00 bits per heavy atom. The van der Waals surface area contributed by atoms with E-state index in [4.69, 9.17) is 4.74 Å². The highest BCUT2D eigenvalue weighted by molar-refractivity contribution is 5.75. The van der Waals surface area contributed by atoms with Crippen LogP contribution in [0.2, 0.25) is 0 Å². The fourth-order valence-electron chi connectivity index (χ4n) is 1.52. The summed E-state index contributed by atoms with van der Waals surface area (Å²) in [6.07, 6.45) is 0.978. The first kappa shape index (κ1) is 14.4. The van der Waals surface area contributed by atoms with Crippen LogP contribution in [-0.4, -0.2) is 35.9 Å². The average molecular weight is 217 g/mol. The lowest BCUT2D eigenvalue weighted by Gasteiger charge is -2.21. The number of hydrogen-bond acceptors (Lipinski definition) is 4. The maximum absolute atomic E-state index is 11.4. The fourth-order valence-corrected chi connectivity index (χ4v) is 1.52. The number of nitrogens with one attached hydrogen (secondary N) is 1. The van der Waals surface area contributed by atoms with E-state index in [-0.39, 0.29) is 24.2 Å². The van der Waals surface area contributed by atoms with Gasteiger partial charge in [-0.1, -0.05) is 6.92 Å². The van der Waals surface area contributed by atoms with Crippen molar-refractivity contribution in [3.63, 3.8) is 0 Å². The molecule has 2 N–H and O–H groups in total. The van der Waals surface area contributed by atoms with E-state index in [9.17, 15) is 9.90 Å². The number of carbonyl (C=O) groups is 1. The largest absolute Gasteiger partial charge is 0.465 e. The van der Waals surface area contributed by atoms with E-state index in [0.29, 0.717) is 19.4 Å². The molecule has 0 aromatic rings. The summed E-state index contributed by atoms with van der Waals surface area (Å²) >= 11 is 0. The molecule has 3 unspecified atom stereocenters. The Labute approximate surface area is 92.0 Å². The fraction of sp³-hybridized carbons (Fsp3) is 0.909. The van der Waals surface area contributed by atoms with Crippen molar-refractivity contribution in [3.05, 3.63) is 0 Å². The SMILES string of the molecule is CCOC(=O)C(CC)NC(C)CC(C)O. The normalized spacial score (nSPS) is 16.9. The lowest BCUT2D eigenvalue weighted by molar-refractivity contribution is -0.146. The van der Waals surface area contributed by atoms with Gasteiger partial charge in [-0.15, -0.1) is 0 Å². The molecule has 0 saturated carbocycles. The molecule has 0 aliphatic carbocycles. The van der Waals surface area contributed by atoms with Crippen LogP contribution in [-0.2, 0) is 9.53 Å². The minimum Gasteiger partial charge on any atom is -0.465 e. The van der Waals surface area contributed by atoms with Crippen molar-refractivity contribution >= 4 is 5.97 Å². The van der Waals surface area contributed by atoms with Gasteiger partial charge < -0.3 is 15.2 Å². The van der Waals surface area contributed by atoms with Gasteiger partial charge in [-0.2, -0.15) is 0 Å². The van der Waals surface area contributed by atoms with Gasteiger partial charge in [-0.3, -0.25) is 4.79 Å². The Morgan fingerprint density at radius 1 is 1.40 bits per heavy atom. The number of aliphatic hydroxyl groups excluding tert-OH is 1. The molecule has 0 rings (SSSR count). The Balaban J connectivity index is 4.02. The highest BCUT2D eigenvalue weighted by Crippen LogP contribution is 2.02. The van der Waals surface area contributed by atoms with Gasteiger partial charge in [0.25, 0.3) is 0 Å². The zero-order valence-corrected chi connectivity index (χ0v) is 10.1. The van der Waals surface area contributed by atoms with E-state index in [1.165, 1.54) is 0 Å². The Hall–Kier alpha value is -0.610. The number of rotatable bonds is 7. The third-order valence-corrected chi connectivity index (χ3v) is 2.16. The van der Waals surface area contributed by atoms with Crippen LogP contribution in [0.3, 0.4) is 0 Å². The maximum Gasteiger partial charge on any atom is 0.323 e. The summed E-state index contributed by atoms with van der Waals surface area (Å²) in [5.41, 5.74) is 0. The van der Waals surface area contributed by atoms with Crippen molar-refractivity contribution in [1.29, 1.82) is 0 Å². The third-order valence-electron chi connectivity index (χ3n) is 2.16. The number of hydrogen-bond donors (Lipinski definition) is 2. The van der Waals surface area contributed by atoms with Crippen LogP contribution in [0.25, 0.3) is 0 Å². The van der Waals surface area contributed by atoms with Gasteiger partial charge in [0.2, 0.25) is 0 Å². The molecule has 0 aromatic carbocycles. The van der Waals surface area contributed by atoms with E-state index in [2.05, 4.69) is 5.32 Å². The molecule has 0 aliphatic heterocycles. The highest BCUT2D eigenvalue weighted by Gasteiger charge is 2.19. The lowest BCUT2D eigenvalue weighted by atomic mass is 10.1. The van der Waals surface area contributed by atoms with Crippen molar-refractivity contribution < 1.29 is 14.6 Å². The third kappa shape index (κ3) is 6.47. The van der Waals surface area contributed by atoms with Crippen LogP contribution >= 0.6 is 0 Å². The molecular weight excluding hydrogens is 194 g/mol. The van der Waals surface area contributed by atoms with Gasteiger partial charge in [-0.25, -0.2) is 0 Å². The summed E-state index contributed by atoms with van der Waals surface area (Å²) in [5, 5.41) is 12.3. The zero-order valence-electron chi connectivity index (χ0n) is 10.1. The Bertz CT molecular complexity index is 183. The molecule has 0 aliphatic rings. The van der Waals surface area contributed by atoms with Gasteiger partial charge in [0, 0.05) is 6.04 Å². The molecule has 0 bridgehead atoms.